The van der Waals surface area contributed by atoms with Gasteiger partial charge in [-0.05, 0) is 27.7 Å². The van der Waals surface area contributed by atoms with Gasteiger partial charge in [-0.15, -0.1) is 11.3 Å². The molecule has 2 aromatic heterocycles. The van der Waals surface area contributed by atoms with Crippen LogP contribution in [-0.4, -0.2) is 51.1 Å². The molecule has 0 aromatic carbocycles. The molecule has 1 aliphatic heterocycles. The van der Waals surface area contributed by atoms with Gasteiger partial charge in [0.05, 0.1) is 24.3 Å². The summed E-state index contributed by atoms with van der Waals surface area (Å²) in [6.07, 6.45) is 0.383. The van der Waals surface area contributed by atoms with Crippen LogP contribution in [0.2, 0.25) is 0 Å². The molecule has 8 nitrogen and oxygen atoms in total. The number of morpholine rings is 1. The molecule has 1 saturated heterocycles. The van der Waals surface area contributed by atoms with Crippen LogP contribution in [0.25, 0.3) is 0 Å². The number of aromatic nitrogens is 3. The van der Waals surface area contributed by atoms with Crippen LogP contribution in [0.4, 0.5) is 5.13 Å². The summed E-state index contributed by atoms with van der Waals surface area (Å²) in [5.41, 5.74) is 1.60. The molecule has 2 aromatic rings. The Morgan fingerprint density at radius 3 is 2.70 bits per heavy atom. The van der Waals surface area contributed by atoms with E-state index in [1.807, 2.05) is 5.38 Å². The minimum atomic E-state index is -0.274. The van der Waals surface area contributed by atoms with E-state index in [1.54, 1.807) is 13.8 Å². The quantitative estimate of drug-likeness (QED) is 0.804. The van der Waals surface area contributed by atoms with E-state index in [0.717, 1.165) is 25.3 Å². The lowest BCUT2D eigenvalue weighted by Crippen LogP contribution is -2.44. The third kappa shape index (κ3) is 5.21. The summed E-state index contributed by atoms with van der Waals surface area (Å²) in [7, 11) is 0. The number of anilines is 1. The summed E-state index contributed by atoms with van der Waals surface area (Å²) >= 11 is 1.39. The molecule has 0 spiro atoms. The molecule has 1 fully saturated rings. The Labute approximate surface area is 162 Å². The number of nitrogens with one attached hydrogen (secondary N) is 2. The summed E-state index contributed by atoms with van der Waals surface area (Å²) in [5.74, 6) is 0.266. The Morgan fingerprint density at radius 1 is 1.33 bits per heavy atom. The van der Waals surface area contributed by atoms with E-state index in [1.165, 1.54) is 11.3 Å². The van der Waals surface area contributed by atoms with Crippen molar-refractivity contribution in [1.82, 2.24) is 19.9 Å². The van der Waals surface area contributed by atoms with Gasteiger partial charge in [0.25, 0.3) is 5.56 Å². The number of hydrogen-bond acceptors (Lipinski definition) is 7. The number of aryl methyl sites for hydroxylation is 2. The third-order valence-corrected chi connectivity index (χ3v) is 5.16. The highest BCUT2D eigenvalue weighted by Gasteiger charge is 2.23. The lowest BCUT2D eigenvalue weighted by molar-refractivity contribution is -0.115. The number of thiazole rings is 1. The molecule has 27 heavy (non-hydrogen) atoms. The zero-order chi connectivity index (χ0) is 19.6. The van der Waals surface area contributed by atoms with Crippen LogP contribution < -0.4 is 10.9 Å². The van der Waals surface area contributed by atoms with Crippen molar-refractivity contribution in [3.05, 3.63) is 38.5 Å². The molecule has 2 atom stereocenters. The first kappa shape index (κ1) is 19.7. The maximum atomic E-state index is 12.3. The number of ether oxygens (including phenoxy) is 1. The van der Waals surface area contributed by atoms with Crippen LogP contribution in [0.5, 0.6) is 0 Å². The van der Waals surface area contributed by atoms with E-state index in [0.29, 0.717) is 22.2 Å². The van der Waals surface area contributed by atoms with Gasteiger partial charge in [-0.2, -0.15) is 0 Å². The van der Waals surface area contributed by atoms with Gasteiger partial charge in [-0.3, -0.25) is 14.5 Å². The normalized spacial score (nSPS) is 20.6. The maximum absolute atomic E-state index is 12.3. The van der Waals surface area contributed by atoms with Crippen LogP contribution in [0, 0.1) is 13.8 Å². The Balaban J connectivity index is 1.59. The topological polar surface area (TPSA) is 100 Å². The molecule has 0 aliphatic carbocycles. The second kappa shape index (κ2) is 8.28. The van der Waals surface area contributed by atoms with Gasteiger partial charge >= 0.3 is 0 Å². The fourth-order valence-electron chi connectivity index (χ4n) is 3.36. The van der Waals surface area contributed by atoms with Crippen LogP contribution in [0.1, 0.15) is 36.6 Å². The van der Waals surface area contributed by atoms with Gasteiger partial charge in [0, 0.05) is 36.3 Å². The van der Waals surface area contributed by atoms with Crippen LogP contribution in [0.3, 0.4) is 0 Å². The average Bonchev–Trinajstić information content (AvgIpc) is 2.96. The fraction of sp³-hybridized carbons (Fsp3) is 0.556. The SMILES string of the molecule is Cc1nc(C)c(CC(=O)Nc2nc(CN3C[C@H](C)O[C@@H](C)C3)cs2)c(=O)[nH]1. The molecule has 3 rings (SSSR count). The highest BCUT2D eigenvalue weighted by atomic mass is 32.1. The first-order valence-corrected chi connectivity index (χ1v) is 9.86. The van der Waals surface area contributed by atoms with Crippen molar-refractivity contribution < 1.29 is 9.53 Å². The first-order valence-electron chi connectivity index (χ1n) is 8.98. The summed E-state index contributed by atoms with van der Waals surface area (Å²) in [4.78, 5) is 38.0. The molecule has 1 aliphatic rings. The minimum Gasteiger partial charge on any atom is -0.373 e. The molecule has 1 amide bonds. The van der Waals surface area contributed by atoms with E-state index < -0.39 is 0 Å². The highest BCUT2D eigenvalue weighted by molar-refractivity contribution is 7.13. The standard InChI is InChI=1S/C18H25N5O3S/c1-10-6-23(7-11(2)26-10)8-14-9-27-18(21-14)22-16(24)5-15-12(3)19-13(4)20-17(15)25/h9-11H,5-8H2,1-4H3,(H,19,20,25)(H,21,22,24)/t10-,11-/m0/s1. The predicted octanol–water partition coefficient (Wildman–Crippen LogP) is 1.63. The van der Waals surface area contributed by atoms with Gasteiger partial charge in [-0.25, -0.2) is 9.97 Å². The third-order valence-electron chi connectivity index (χ3n) is 4.36. The largest absolute Gasteiger partial charge is 0.373 e. The molecular weight excluding hydrogens is 366 g/mol. The van der Waals surface area contributed by atoms with Crippen molar-refractivity contribution in [1.29, 1.82) is 0 Å². The number of carbonyl (C=O) groups is 1. The average molecular weight is 391 g/mol. The van der Waals surface area contributed by atoms with E-state index in [9.17, 15) is 9.59 Å². The van der Waals surface area contributed by atoms with Crippen LogP contribution >= 0.6 is 11.3 Å². The van der Waals surface area contributed by atoms with Crippen molar-refractivity contribution in [3.63, 3.8) is 0 Å². The Hall–Kier alpha value is -2.10. The molecule has 2 N–H and O–H groups in total. The highest BCUT2D eigenvalue weighted by Crippen LogP contribution is 2.19. The molecule has 3 heterocycles. The monoisotopic (exact) mass is 391 g/mol. The number of aromatic amines is 1. The molecule has 146 valence electrons. The summed E-state index contributed by atoms with van der Waals surface area (Å²) in [6, 6.07) is 0. The molecular formula is C18H25N5O3S. The van der Waals surface area contributed by atoms with E-state index in [4.69, 9.17) is 4.74 Å². The van der Waals surface area contributed by atoms with E-state index >= 15 is 0 Å². The minimum absolute atomic E-state index is 0.0259. The van der Waals surface area contributed by atoms with Gasteiger partial charge in [0.15, 0.2) is 5.13 Å². The number of carbonyl (C=O) groups excluding carboxylic acids is 1. The van der Waals surface area contributed by atoms with Gasteiger partial charge in [-0.1, -0.05) is 0 Å². The van der Waals surface area contributed by atoms with Crippen LogP contribution in [-0.2, 0) is 22.5 Å². The fourth-order valence-corrected chi connectivity index (χ4v) is 4.08. The first-order chi connectivity index (χ1) is 12.8. The lowest BCUT2D eigenvalue weighted by Gasteiger charge is -2.34. The predicted molar refractivity (Wildman–Crippen MR) is 104 cm³/mol. The maximum Gasteiger partial charge on any atom is 0.254 e. The van der Waals surface area contributed by atoms with Crippen molar-refractivity contribution in [3.8, 4) is 0 Å². The number of H-pyrrole nitrogens is 1. The summed E-state index contributed by atoms with van der Waals surface area (Å²) in [6.45, 7) is 10.0. The molecule has 0 unspecified atom stereocenters. The number of rotatable bonds is 5. The van der Waals surface area contributed by atoms with E-state index in [-0.39, 0.29) is 30.1 Å². The van der Waals surface area contributed by atoms with Gasteiger partial charge in [0.2, 0.25) is 5.91 Å². The zero-order valence-corrected chi connectivity index (χ0v) is 16.9. The Morgan fingerprint density at radius 2 is 2.04 bits per heavy atom. The molecule has 0 saturated carbocycles. The number of hydrogen-bond donors (Lipinski definition) is 2. The van der Waals surface area contributed by atoms with Crippen molar-refractivity contribution in [2.45, 2.75) is 52.9 Å². The van der Waals surface area contributed by atoms with Gasteiger partial charge < -0.3 is 15.0 Å². The summed E-state index contributed by atoms with van der Waals surface area (Å²) in [5, 5.41) is 5.27. The Kier molecular flexibility index (Phi) is 6.03. The molecule has 0 bridgehead atoms. The van der Waals surface area contributed by atoms with E-state index in [2.05, 4.69) is 39.0 Å². The number of amides is 1. The second-order valence-electron chi connectivity index (χ2n) is 7.04. The summed E-state index contributed by atoms with van der Waals surface area (Å²) < 4.78 is 5.75. The van der Waals surface area contributed by atoms with Crippen LogP contribution in [0.15, 0.2) is 10.2 Å². The zero-order valence-electron chi connectivity index (χ0n) is 16.0. The number of nitrogens with zero attached hydrogens (tertiary/aromatic N) is 3. The lowest BCUT2D eigenvalue weighted by atomic mass is 10.1. The van der Waals surface area contributed by atoms with Gasteiger partial charge in [0.1, 0.15) is 5.82 Å². The van der Waals surface area contributed by atoms with Crippen molar-refractivity contribution in [2.75, 3.05) is 18.4 Å². The Bertz CT molecular complexity index is 868. The second-order valence-corrected chi connectivity index (χ2v) is 7.89. The smallest absolute Gasteiger partial charge is 0.254 e. The van der Waals surface area contributed by atoms with Crippen molar-refractivity contribution in [2.24, 2.45) is 0 Å². The van der Waals surface area contributed by atoms with Crippen molar-refractivity contribution >= 4 is 22.4 Å². The molecule has 9 heteroatoms. The molecule has 0 radical (unpaired) electrons.